The van der Waals surface area contributed by atoms with Gasteiger partial charge in [-0.3, -0.25) is 0 Å². The Hall–Kier alpha value is -1.36. The molecule has 0 fully saturated rings. The Morgan fingerprint density at radius 1 is 1.41 bits per heavy atom. The van der Waals surface area contributed by atoms with Crippen LogP contribution in [-0.2, 0) is 6.42 Å². The summed E-state index contributed by atoms with van der Waals surface area (Å²) in [6, 6.07) is 1.71. The van der Waals surface area contributed by atoms with Gasteiger partial charge < -0.3 is 16.2 Å². The molecule has 0 aliphatic heterocycles. The second-order valence-electron chi connectivity index (χ2n) is 5.02. The number of anilines is 2. The van der Waals surface area contributed by atoms with Crippen molar-refractivity contribution in [2.45, 2.75) is 33.6 Å². The van der Waals surface area contributed by atoms with Gasteiger partial charge in [0.1, 0.15) is 17.5 Å². The van der Waals surface area contributed by atoms with E-state index in [1.165, 1.54) is 0 Å². The van der Waals surface area contributed by atoms with E-state index in [0.29, 0.717) is 12.4 Å². The summed E-state index contributed by atoms with van der Waals surface area (Å²) < 4.78 is 0. The van der Waals surface area contributed by atoms with E-state index in [1.807, 2.05) is 13.8 Å². The molecule has 17 heavy (non-hydrogen) atoms. The first-order chi connectivity index (χ1) is 7.96. The number of hydrogen-bond donors (Lipinski definition) is 3. The molecule has 0 aliphatic carbocycles. The first kappa shape index (κ1) is 13.7. The first-order valence-electron chi connectivity index (χ1n) is 5.95. The SMILES string of the molecule is CCCc1nc(N)cc(NCC(C)(C)CO)n1. The second-order valence-corrected chi connectivity index (χ2v) is 5.02. The number of aryl methyl sites for hydroxylation is 1. The fourth-order valence-corrected chi connectivity index (χ4v) is 1.33. The maximum Gasteiger partial charge on any atom is 0.133 e. The molecule has 96 valence electrons. The number of aromatic nitrogens is 2. The van der Waals surface area contributed by atoms with Crippen LogP contribution in [0.5, 0.6) is 0 Å². The predicted molar refractivity (Wildman–Crippen MR) is 69.8 cm³/mol. The smallest absolute Gasteiger partial charge is 0.133 e. The van der Waals surface area contributed by atoms with E-state index in [9.17, 15) is 0 Å². The van der Waals surface area contributed by atoms with Gasteiger partial charge in [-0.15, -0.1) is 0 Å². The van der Waals surface area contributed by atoms with E-state index < -0.39 is 0 Å². The van der Waals surface area contributed by atoms with Crippen molar-refractivity contribution in [3.8, 4) is 0 Å². The molecular weight excluding hydrogens is 216 g/mol. The van der Waals surface area contributed by atoms with Crippen molar-refractivity contribution >= 4 is 11.6 Å². The van der Waals surface area contributed by atoms with Crippen molar-refractivity contribution < 1.29 is 5.11 Å². The molecule has 4 N–H and O–H groups in total. The number of aliphatic hydroxyl groups is 1. The second kappa shape index (κ2) is 5.82. The van der Waals surface area contributed by atoms with E-state index in [-0.39, 0.29) is 12.0 Å². The van der Waals surface area contributed by atoms with Crippen molar-refractivity contribution in [2.75, 3.05) is 24.2 Å². The standard InChI is InChI=1S/C12H22N4O/c1-4-5-10-15-9(13)6-11(16-10)14-7-12(2,3)8-17/h6,17H,4-5,7-8H2,1-3H3,(H3,13,14,15,16). The van der Waals surface area contributed by atoms with Gasteiger partial charge in [-0.1, -0.05) is 20.8 Å². The largest absolute Gasteiger partial charge is 0.396 e. The van der Waals surface area contributed by atoms with Crippen molar-refractivity contribution in [1.82, 2.24) is 9.97 Å². The minimum Gasteiger partial charge on any atom is -0.396 e. The zero-order valence-corrected chi connectivity index (χ0v) is 10.8. The summed E-state index contributed by atoms with van der Waals surface area (Å²) in [4.78, 5) is 8.54. The molecule has 0 radical (unpaired) electrons. The third-order valence-corrected chi connectivity index (χ3v) is 2.44. The van der Waals surface area contributed by atoms with Gasteiger partial charge in [0.05, 0.1) is 0 Å². The Morgan fingerprint density at radius 2 is 2.12 bits per heavy atom. The van der Waals surface area contributed by atoms with E-state index in [2.05, 4.69) is 22.2 Å². The third-order valence-electron chi connectivity index (χ3n) is 2.44. The average molecular weight is 238 g/mol. The Bertz CT molecular complexity index is 366. The number of nitrogen functional groups attached to an aromatic ring is 1. The lowest BCUT2D eigenvalue weighted by molar-refractivity contribution is 0.170. The van der Waals surface area contributed by atoms with Gasteiger partial charge in [-0.05, 0) is 6.42 Å². The molecular formula is C12H22N4O. The fraction of sp³-hybridized carbons (Fsp3) is 0.667. The minimum atomic E-state index is -0.176. The van der Waals surface area contributed by atoms with Crippen LogP contribution in [0.1, 0.15) is 33.0 Å². The molecule has 1 heterocycles. The molecule has 0 atom stereocenters. The van der Waals surface area contributed by atoms with Crippen LogP contribution in [0.4, 0.5) is 11.6 Å². The Labute approximate surface area is 102 Å². The van der Waals surface area contributed by atoms with E-state index in [0.717, 1.165) is 24.5 Å². The molecule has 0 aliphatic rings. The Kier molecular flexibility index (Phi) is 4.69. The molecule has 0 amide bonds. The molecule has 0 saturated heterocycles. The highest BCUT2D eigenvalue weighted by atomic mass is 16.3. The molecule has 0 saturated carbocycles. The molecule has 1 aromatic heterocycles. The molecule has 0 bridgehead atoms. The highest BCUT2D eigenvalue weighted by Gasteiger charge is 2.16. The first-order valence-corrected chi connectivity index (χ1v) is 5.95. The molecule has 0 spiro atoms. The number of nitrogens with one attached hydrogen (secondary N) is 1. The third kappa shape index (κ3) is 4.56. The summed E-state index contributed by atoms with van der Waals surface area (Å²) in [6.07, 6.45) is 1.81. The summed E-state index contributed by atoms with van der Waals surface area (Å²) in [7, 11) is 0. The number of rotatable bonds is 6. The summed E-state index contributed by atoms with van der Waals surface area (Å²) in [5.74, 6) is 1.96. The van der Waals surface area contributed by atoms with Crippen LogP contribution in [0.3, 0.4) is 0 Å². The highest BCUT2D eigenvalue weighted by Crippen LogP contribution is 2.16. The van der Waals surface area contributed by atoms with Crippen LogP contribution in [0.2, 0.25) is 0 Å². The Morgan fingerprint density at radius 3 is 2.71 bits per heavy atom. The Balaban J connectivity index is 2.70. The van der Waals surface area contributed by atoms with Crippen LogP contribution in [0.15, 0.2) is 6.07 Å². The van der Waals surface area contributed by atoms with Crippen molar-refractivity contribution in [3.63, 3.8) is 0 Å². The summed E-state index contributed by atoms with van der Waals surface area (Å²) in [5.41, 5.74) is 5.55. The van der Waals surface area contributed by atoms with E-state index >= 15 is 0 Å². The van der Waals surface area contributed by atoms with Crippen molar-refractivity contribution in [3.05, 3.63) is 11.9 Å². The lowest BCUT2D eigenvalue weighted by Crippen LogP contribution is -2.27. The maximum absolute atomic E-state index is 9.17. The molecule has 0 unspecified atom stereocenters. The number of nitrogens with zero attached hydrogens (tertiary/aromatic N) is 2. The van der Waals surface area contributed by atoms with Crippen LogP contribution in [-0.4, -0.2) is 28.2 Å². The van der Waals surface area contributed by atoms with Crippen LogP contribution in [0, 0.1) is 5.41 Å². The summed E-state index contributed by atoms with van der Waals surface area (Å²) in [6.45, 7) is 6.82. The van der Waals surface area contributed by atoms with Gasteiger partial charge in [0.15, 0.2) is 0 Å². The van der Waals surface area contributed by atoms with Gasteiger partial charge in [-0.25, -0.2) is 9.97 Å². The molecule has 1 aromatic rings. The van der Waals surface area contributed by atoms with Gasteiger partial charge in [0.2, 0.25) is 0 Å². The van der Waals surface area contributed by atoms with Crippen LogP contribution in [0.25, 0.3) is 0 Å². The topological polar surface area (TPSA) is 84.1 Å². The molecule has 0 aromatic carbocycles. The zero-order chi connectivity index (χ0) is 12.9. The minimum absolute atomic E-state index is 0.127. The normalized spacial score (nSPS) is 11.5. The monoisotopic (exact) mass is 238 g/mol. The number of nitrogens with two attached hydrogens (primary N) is 1. The molecule has 5 heteroatoms. The quantitative estimate of drug-likeness (QED) is 0.698. The summed E-state index contributed by atoms with van der Waals surface area (Å²) >= 11 is 0. The number of hydrogen-bond acceptors (Lipinski definition) is 5. The maximum atomic E-state index is 9.17. The van der Waals surface area contributed by atoms with Gasteiger partial charge in [-0.2, -0.15) is 0 Å². The molecule has 5 nitrogen and oxygen atoms in total. The van der Waals surface area contributed by atoms with Crippen molar-refractivity contribution in [2.24, 2.45) is 5.41 Å². The average Bonchev–Trinajstić information content (AvgIpc) is 2.26. The fourth-order valence-electron chi connectivity index (χ4n) is 1.33. The van der Waals surface area contributed by atoms with E-state index in [1.54, 1.807) is 6.07 Å². The van der Waals surface area contributed by atoms with Gasteiger partial charge in [0, 0.05) is 31.1 Å². The summed E-state index contributed by atoms with van der Waals surface area (Å²) in [5, 5.41) is 12.4. The van der Waals surface area contributed by atoms with Gasteiger partial charge in [0.25, 0.3) is 0 Å². The van der Waals surface area contributed by atoms with Crippen LogP contribution < -0.4 is 11.1 Å². The van der Waals surface area contributed by atoms with Crippen LogP contribution >= 0.6 is 0 Å². The predicted octanol–water partition coefficient (Wildman–Crippen LogP) is 1.44. The lowest BCUT2D eigenvalue weighted by Gasteiger charge is -2.22. The van der Waals surface area contributed by atoms with E-state index in [4.69, 9.17) is 10.8 Å². The van der Waals surface area contributed by atoms with Gasteiger partial charge >= 0.3 is 0 Å². The zero-order valence-electron chi connectivity index (χ0n) is 10.8. The van der Waals surface area contributed by atoms with Crippen molar-refractivity contribution in [1.29, 1.82) is 0 Å². The lowest BCUT2D eigenvalue weighted by atomic mass is 9.95. The molecule has 1 rings (SSSR count). The highest BCUT2D eigenvalue weighted by molar-refractivity contribution is 5.44. The number of aliphatic hydroxyl groups excluding tert-OH is 1.